The van der Waals surface area contributed by atoms with E-state index in [1.54, 1.807) is 62.4 Å². The summed E-state index contributed by atoms with van der Waals surface area (Å²) in [6.07, 6.45) is 5.02. The predicted molar refractivity (Wildman–Crippen MR) is 393 cm³/mol. The number of aryl methyl sites for hydroxylation is 2. The Kier molecular flexibility index (Phi) is 30.0. The molecule has 0 unspecified atom stereocenters. The van der Waals surface area contributed by atoms with Crippen LogP contribution in [0.3, 0.4) is 0 Å². The Hall–Kier alpha value is -9.64. The summed E-state index contributed by atoms with van der Waals surface area (Å²) < 4.78 is 48.4. The topological polar surface area (TPSA) is 249 Å². The molecule has 4 aromatic heterocycles. The number of aromatic nitrogens is 6. The predicted octanol–water partition coefficient (Wildman–Crippen LogP) is 13.7. The monoisotopic (exact) mass is 1570 g/mol. The van der Waals surface area contributed by atoms with Gasteiger partial charge in [0.05, 0.1) is 25.6 Å². The number of carbonyl (C=O) groups is 2. The van der Waals surface area contributed by atoms with Gasteiger partial charge in [-0.2, -0.15) is 0 Å². The number of pyridine rings is 2. The van der Waals surface area contributed by atoms with E-state index in [4.69, 9.17) is 45.8 Å². The number of rotatable bonds is 12. The molecule has 0 saturated carbocycles. The van der Waals surface area contributed by atoms with Crippen LogP contribution in [-0.2, 0) is 36.6 Å². The van der Waals surface area contributed by atoms with Gasteiger partial charge in [-0.25, -0.2) is 28.3 Å². The molecule has 0 saturated heterocycles. The van der Waals surface area contributed by atoms with Gasteiger partial charge >= 0.3 is 46.9 Å². The van der Waals surface area contributed by atoms with Gasteiger partial charge in [0.25, 0.3) is 11.8 Å². The molecule has 24 heteroatoms. The molecule has 16 nitrogen and oxygen atoms in total. The number of carbonyl (C=O) groups excluding carboxylic acids is 2. The van der Waals surface area contributed by atoms with Crippen LogP contribution in [0.4, 0.5) is 20.2 Å². The first-order valence-electron chi connectivity index (χ1n) is 29.9. The molecule has 0 radical (unpaired) electrons. The number of nitrogen functional groups attached to an aromatic ring is 2. The Labute approximate surface area is 605 Å². The summed E-state index contributed by atoms with van der Waals surface area (Å²) in [7, 11) is 11.1. The first-order chi connectivity index (χ1) is 48.1. The molecular weight excluding hydrogens is 1510 g/mol. The minimum absolute atomic E-state index is 0.0346. The van der Waals surface area contributed by atoms with Crippen molar-refractivity contribution in [3.05, 3.63) is 299 Å². The molecule has 2 atom stereocenters. The number of halogens is 5. The van der Waals surface area contributed by atoms with E-state index in [0.717, 1.165) is 16.6 Å². The Balaban J connectivity index is 0.000000178. The summed E-state index contributed by atoms with van der Waals surface area (Å²) in [4.78, 5) is 31.3. The third kappa shape index (κ3) is 22.4. The van der Waals surface area contributed by atoms with Crippen molar-refractivity contribution in [3.8, 4) is 46.7 Å². The normalized spacial score (nSPS) is 11.5. The molecule has 0 amide bonds. The van der Waals surface area contributed by atoms with Crippen LogP contribution < -0.4 is 43.3 Å². The van der Waals surface area contributed by atoms with Crippen molar-refractivity contribution in [2.45, 2.75) is 38.9 Å². The van der Waals surface area contributed by atoms with Crippen LogP contribution in [0.15, 0.2) is 256 Å². The second-order valence-electron chi connectivity index (χ2n) is 21.1. The van der Waals surface area contributed by atoms with Crippen LogP contribution in [0.1, 0.15) is 64.0 Å². The van der Waals surface area contributed by atoms with Crippen molar-refractivity contribution >= 4 is 106 Å². The van der Waals surface area contributed by atoms with Gasteiger partial charge in [-0.3, -0.25) is 0 Å². The Morgan fingerprint density at radius 1 is 0.520 bits per heavy atom. The van der Waals surface area contributed by atoms with E-state index in [1.165, 1.54) is 59.9 Å². The number of ether oxygens (including phenoxy) is 2. The van der Waals surface area contributed by atoms with Crippen LogP contribution >= 0.6 is 50.8 Å². The fourth-order valence-electron chi connectivity index (χ4n) is 8.96. The molecule has 100 heavy (non-hydrogen) atoms. The molecule has 512 valence electrons. The number of aliphatic hydroxyl groups is 2. The van der Waals surface area contributed by atoms with E-state index >= 15 is 0 Å². The quantitative estimate of drug-likeness (QED) is 0.0384. The smallest absolute Gasteiger partial charge is 0.0134 e. The molecular formula is C76H65BrCl2F2N8O8P2Pd. The third-order valence-electron chi connectivity index (χ3n) is 13.7. The van der Waals surface area contributed by atoms with Crippen molar-refractivity contribution in [1.29, 1.82) is 0 Å². The molecule has 6 N–H and O–H groups in total. The van der Waals surface area contributed by atoms with E-state index in [2.05, 4.69) is 256 Å². The number of terminal acetylenes is 1. The Morgan fingerprint density at radius 3 is 1.14 bits per heavy atom. The minimum atomic E-state index is -1.67. The fraction of sp³-hybridized carbons (Fsp3) is 0.105. The zero-order valence-corrected chi connectivity index (χ0v) is 60.9. The van der Waals surface area contributed by atoms with Gasteiger partial charge < -0.3 is 40.0 Å². The summed E-state index contributed by atoms with van der Waals surface area (Å²) in [5.74, 6) is 5.50. The Morgan fingerprint density at radius 2 is 0.840 bits per heavy atom. The van der Waals surface area contributed by atoms with E-state index < -0.39 is 50.6 Å². The maximum Gasteiger partial charge on any atom is -0.0134 e. The van der Waals surface area contributed by atoms with Gasteiger partial charge in [-0.1, -0.05) is 240 Å². The SMILES string of the molecule is C#C[C@@](C)(O)c1nnc(C)o1.COC(=O)c1nc(-c2cccc(Br)c2)c(F)cc1N.COC(=O)c1nc(-c2cccc(C#C[C@@](C)(O)c3nnc(C)o3)c2)c(F)cc1N.[Cl][Pd][Cl].c1ccc(P(c2ccccc2)c2ccccc2)cc1.c1ccc(P(c2ccccc2)c2ccccc2)cc1. The molecule has 0 aliphatic carbocycles. The number of methoxy groups -OCH3 is 2. The maximum absolute atomic E-state index is 14.4. The second kappa shape index (κ2) is 38.6. The van der Waals surface area contributed by atoms with E-state index in [9.17, 15) is 28.6 Å². The second-order valence-corrected chi connectivity index (χ2v) is 28.8. The average Bonchev–Trinajstić information content (AvgIpc) is 1.21. The third-order valence-corrected chi connectivity index (χ3v) is 19.1. The summed E-state index contributed by atoms with van der Waals surface area (Å²) >= 11 is 3.19. The molecule has 0 aliphatic rings. The van der Waals surface area contributed by atoms with E-state index in [-0.39, 0.29) is 61.9 Å². The van der Waals surface area contributed by atoms with Crippen molar-refractivity contribution in [1.82, 2.24) is 30.4 Å². The van der Waals surface area contributed by atoms with E-state index in [1.807, 2.05) is 0 Å². The summed E-state index contributed by atoms with van der Waals surface area (Å²) in [6, 6.07) is 80.1. The van der Waals surface area contributed by atoms with E-state index in [0.29, 0.717) is 28.5 Å². The standard InChI is InChI=1S/C20H17FN4O4.2C18H15P.C13H10BrFN2O2.C7H8N2O2.2ClH.Pd/c1-11-24-25-19(29-11)20(2,27)8-7-12-5-4-6-13(9-12)16-14(21)10-15(22)17(23-16)18(26)28-3;2*1-4-10-16(11-5-1)19(17-12-6-2-7-13-17)18-14-8-3-9-15-18;1-19-13(18)12-10(16)6-9(15)11(17-12)7-3-2-4-8(14)5-7;1-4-7(3,10)6-9-8-5(2)11-6;;;/h4-6,9-10,27H,22H2,1-3H3;2*1-15H;2-6H,16H2,1H3;1,10H,2-3H3;2*1H;/q;;;;;;;+2/p-2/t20-;;;;7-;;;/m1...1.../s1. The van der Waals surface area contributed by atoms with Gasteiger partial charge in [-0.15, -0.1) is 26.8 Å². The van der Waals surface area contributed by atoms with Crippen molar-refractivity contribution < 1.29 is 62.8 Å². The largest absolute Gasteiger partial charge is 0.0622 e. The van der Waals surface area contributed by atoms with Gasteiger partial charge in [-0.05, 0) is 85.8 Å². The maximum atomic E-state index is 14.4. The number of benzene rings is 8. The number of nitrogens with zero attached hydrogens (tertiary/aromatic N) is 6. The van der Waals surface area contributed by atoms with Crippen molar-refractivity contribution in [2.24, 2.45) is 0 Å². The molecule has 4 heterocycles. The van der Waals surface area contributed by atoms with Crippen LogP contribution in [0.5, 0.6) is 0 Å². The number of hydrogen-bond donors (Lipinski definition) is 4. The van der Waals surface area contributed by atoms with Crippen LogP contribution in [0, 0.1) is 49.7 Å². The average molecular weight is 1580 g/mol. The Bertz CT molecular complexity index is 4410. The zero-order chi connectivity index (χ0) is 72.2. The van der Waals surface area contributed by atoms with Gasteiger partial charge in [0.15, 0.2) is 23.0 Å². The summed E-state index contributed by atoms with van der Waals surface area (Å²) in [5, 5.41) is 42.7. The minimum Gasteiger partial charge on any atom is -0.0622 e. The first kappa shape index (κ1) is 77.7. The molecule has 12 rings (SSSR count). The number of anilines is 2. The summed E-state index contributed by atoms with van der Waals surface area (Å²) in [5.41, 5.74) is 8.98. The van der Waals surface area contributed by atoms with Crippen LogP contribution in [0.25, 0.3) is 22.5 Å². The fourth-order valence-corrected chi connectivity index (χ4v) is 14.0. The van der Waals surface area contributed by atoms with Gasteiger partial charge in [0.2, 0.25) is 23.0 Å². The molecule has 12 aromatic rings. The first-order valence-corrected chi connectivity index (χ1v) is 37.3. The molecule has 0 spiro atoms. The summed E-state index contributed by atoms with van der Waals surface area (Å²) in [6.45, 7) is 6.06. The van der Waals surface area contributed by atoms with Crippen LogP contribution in [-0.4, -0.2) is 66.7 Å². The molecule has 8 aromatic carbocycles. The van der Waals surface area contributed by atoms with Crippen molar-refractivity contribution in [2.75, 3.05) is 25.7 Å². The van der Waals surface area contributed by atoms with Crippen molar-refractivity contribution in [3.63, 3.8) is 0 Å². The number of hydrogen-bond acceptors (Lipinski definition) is 16. The zero-order valence-electron chi connectivity index (χ0n) is 54.5. The number of nitrogens with two attached hydrogens (primary N) is 2. The van der Waals surface area contributed by atoms with Gasteiger partial charge in [0.1, 0.15) is 11.4 Å². The molecule has 0 bridgehead atoms. The number of esters is 2. The molecule has 0 fully saturated rings. The molecule has 0 aliphatic heterocycles. The van der Waals surface area contributed by atoms with Crippen LogP contribution in [0.2, 0.25) is 0 Å². The van der Waals surface area contributed by atoms with Gasteiger partial charge in [0, 0.05) is 47.1 Å².